The van der Waals surface area contributed by atoms with Crippen molar-refractivity contribution in [3.63, 3.8) is 0 Å². The minimum absolute atomic E-state index is 0.0761. The Morgan fingerprint density at radius 1 is 1.12 bits per heavy atom. The van der Waals surface area contributed by atoms with Crippen molar-refractivity contribution in [2.75, 3.05) is 5.32 Å². The monoisotopic (exact) mass is 450 g/mol. The standard InChI is InChI=1S/C24H18N8O2/c1-2-20(33)28-15-7-14(9-25-10-15)18-8-17-19(11-27-18)31-32-22(17)24-29-21-16(13-4-6-34-12-13)3-5-26-23(21)30-24/h3-12H,2H2,1H3,(H,28,33)(H,31,32)(H,26,29,30). The fourth-order valence-electron chi connectivity index (χ4n) is 3.83. The zero-order valence-electron chi connectivity index (χ0n) is 18.0. The van der Waals surface area contributed by atoms with E-state index >= 15 is 0 Å². The van der Waals surface area contributed by atoms with Gasteiger partial charge in [-0.2, -0.15) is 5.10 Å². The van der Waals surface area contributed by atoms with E-state index < -0.39 is 0 Å². The molecule has 0 radical (unpaired) electrons. The first-order chi connectivity index (χ1) is 16.7. The van der Waals surface area contributed by atoms with Crippen molar-refractivity contribution in [1.29, 1.82) is 0 Å². The van der Waals surface area contributed by atoms with Gasteiger partial charge in [0.25, 0.3) is 0 Å². The number of H-pyrrole nitrogens is 2. The van der Waals surface area contributed by atoms with E-state index in [0.717, 1.165) is 33.1 Å². The molecule has 6 aromatic heterocycles. The first kappa shape index (κ1) is 19.8. The quantitative estimate of drug-likeness (QED) is 0.350. The number of anilines is 1. The molecule has 166 valence electrons. The van der Waals surface area contributed by atoms with Crippen molar-refractivity contribution in [2.24, 2.45) is 0 Å². The molecular weight excluding hydrogens is 432 g/mol. The number of aromatic amines is 2. The summed E-state index contributed by atoms with van der Waals surface area (Å²) in [6, 6.07) is 7.57. The molecule has 0 atom stereocenters. The van der Waals surface area contributed by atoms with Crippen LogP contribution in [0.2, 0.25) is 0 Å². The number of hydrogen-bond acceptors (Lipinski definition) is 7. The molecule has 0 saturated carbocycles. The molecule has 3 N–H and O–H groups in total. The molecule has 0 aromatic carbocycles. The minimum atomic E-state index is -0.0761. The number of hydrogen-bond donors (Lipinski definition) is 3. The predicted octanol–water partition coefficient (Wildman–Crippen LogP) is 4.57. The highest BCUT2D eigenvalue weighted by atomic mass is 16.3. The maximum absolute atomic E-state index is 11.8. The van der Waals surface area contributed by atoms with Gasteiger partial charge < -0.3 is 14.7 Å². The lowest BCUT2D eigenvalue weighted by Gasteiger charge is -2.06. The Labute approximate surface area is 192 Å². The van der Waals surface area contributed by atoms with Gasteiger partial charge in [0.15, 0.2) is 11.5 Å². The lowest BCUT2D eigenvalue weighted by molar-refractivity contribution is -0.115. The van der Waals surface area contributed by atoms with Crippen molar-refractivity contribution >= 4 is 33.7 Å². The van der Waals surface area contributed by atoms with Gasteiger partial charge in [0.05, 0.1) is 47.3 Å². The van der Waals surface area contributed by atoms with Crippen LogP contribution in [0, 0.1) is 0 Å². The summed E-state index contributed by atoms with van der Waals surface area (Å²) < 4.78 is 5.24. The smallest absolute Gasteiger partial charge is 0.224 e. The molecule has 1 amide bonds. The number of nitrogens with one attached hydrogen (secondary N) is 3. The Hall–Kier alpha value is -4.86. The Kier molecular flexibility index (Phi) is 4.61. The zero-order chi connectivity index (χ0) is 23.1. The van der Waals surface area contributed by atoms with Gasteiger partial charge in [-0.3, -0.25) is 19.9 Å². The maximum atomic E-state index is 11.8. The van der Waals surface area contributed by atoms with E-state index in [-0.39, 0.29) is 5.91 Å². The van der Waals surface area contributed by atoms with Gasteiger partial charge in [0, 0.05) is 40.9 Å². The summed E-state index contributed by atoms with van der Waals surface area (Å²) in [6.45, 7) is 1.80. The number of imidazole rings is 1. The Morgan fingerprint density at radius 3 is 2.91 bits per heavy atom. The molecule has 6 aromatic rings. The van der Waals surface area contributed by atoms with E-state index in [4.69, 9.17) is 4.42 Å². The molecule has 10 nitrogen and oxygen atoms in total. The molecule has 0 spiro atoms. The van der Waals surface area contributed by atoms with Crippen LogP contribution < -0.4 is 5.32 Å². The number of rotatable bonds is 5. The Bertz CT molecular complexity index is 1650. The number of nitrogens with zero attached hydrogens (tertiary/aromatic N) is 5. The van der Waals surface area contributed by atoms with Crippen LogP contribution in [0.5, 0.6) is 0 Å². The van der Waals surface area contributed by atoms with Crippen LogP contribution in [-0.4, -0.2) is 41.0 Å². The number of furan rings is 1. The first-order valence-corrected chi connectivity index (χ1v) is 10.7. The largest absolute Gasteiger partial charge is 0.472 e. The summed E-state index contributed by atoms with van der Waals surface area (Å²) in [5, 5.41) is 11.2. The lowest BCUT2D eigenvalue weighted by atomic mass is 10.1. The number of carbonyl (C=O) groups is 1. The van der Waals surface area contributed by atoms with Crippen molar-refractivity contribution in [2.45, 2.75) is 13.3 Å². The van der Waals surface area contributed by atoms with Gasteiger partial charge >= 0.3 is 0 Å². The van der Waals surface area contributed by atoms with E-state index in [1.54, 1.807) is 44.2 Å². The second-order valence-corrected chi connectivity index (χ2v) is 7.71. The van der Waals surface area contributed by atoms with Gasteiger partial charge in [-0.1, -0.05) is 6.92 Å². The third kappa shape index (κ3) is 3.37. The van der Waals surface area contributed by atoms with Gasteiger partial charge in [0.1, 0.15) is 5.69 Å². The van der Waals surface area contributed by atoms with Gasteiger partial charge in [-0.25, -0.2) is 9.97 Å². The van der Waals surface area contributed by atoms with Gasteiger partial charge in [-0.05, 0) is 24.3 Å². The molecule has 6 rings (SSSR count). The molecule has 0 fully saturated rings. The topological polar surface area (TPSA) is 138 Å². The van der Waals surface area contributed by atoms with Crippen molar-refractivity contribution < 1.29 is 9.21 Å². The first-order valence-electron chi connectivity index (χ1n) is 10.7. The summed E-state index contributed by atoms with van der Waals surface area (Å²) in [5.41, 5.74) is 6.77. The highest BCUT2D eigenvalue weighted by molar-refractivity contribution is 5.97. The second kappa shape index (κ2) is 7.93. The number of aromatic nitrogens is 7. The normalized spacial score (nSPS) is 11.3. The fourth-order valence-corrected chi connectivity index (χ4v) is 3.83. The molecule has 0 aliphatic rings. The fraction of sp³-hybridized carbons (Fsp3) is 0.0833. The molecule has 34 heavy (non-hydrogen) atoms. The minimum Gasteiger partial charge on any atom is -0.472 e. The predicted molar refractivity (Wildman–Crippen MR) is 127 cm³/mol. The molecule has 0 unspecified atom stereocenters. The highest BCUT2D eigenvalue weighted by Gasteiger charge is 2.17. The van der Waals surface area contributed by atoms with Crippen molar-refractivity contribution in [3.8, 4) is 33.9 Å². The Morgan fingerprint density at radius 2 is 2.06 bits per heavy atom. The average Bonchev–Trinajstić information content (AvgIpc) is 3.62. The SMILES string of the molecule is CCC(=O)Nc1cncc(-c2cc3c(-c4nc5nccc(-c6ccoc6)c5[nH]4)n[nH]c3cn2)c1. The van der Waals surface area contributed by atoms with E-state index in [1.165, 1.54) is 0 Å². The lowest BCUT2D eigenvalue weighted by Crippen LogP contribution is -2.09. The average molecular weight is 450 g/mol. The molecule has 0 aliphatic heterocycles. The van der Waals surface area contributed by atoms with E-state index in [0.29, 0.717) is 35.0 Å². The highest BCUT2D eigenvalue weighted by Crippen LogP contribution is 2.32. The summed E-state index contributed by atoms with van der Waals surface area (Å²) in [6.07, 6.45) is 10.5. The molecule has 6 heterocycles. The van der Waals surface area contributed by atoms with Crippen LogP contribution in [0.3, 0.4) is 0 Å². The maximum Gasteiger partial charge on any atom is 0.224 e. The van der Waals surface area contributed by atoms with Crippen LogP contribution in [0.4, 0.5) is 5.69 Å². The number of pyridine rings is 3. The summed E-state index contributed by atoms with van der Waals surface area (Å²) in [5.74, 6) is 0.511. The zero-order valence-corrected chi connectivity index (χ0v) is 18.0. The van der Waals surface area contributed by atoms with Crippen molar-refractivity contribution in [3.05, 3.63) is 61.6 Å². The third-order valence-corrected chi connectivity index (χ3v) is 5.53. The number of carbonyl (C=O) groups excluding carboxylic acids is 1. The van der Waals surface area contributed by atoms with Gasteiger partial charge in [-0.15, -0.1) is 0 Å². The summed E-state index contributed by atoms with van der Waals surface area (Å²) >= 11 is 0. The van der Waals surface area contributed by atoms with Crippen LogP contribution >= 0.6 is 0 Å². The van der Waals surface area contributed by atoms with E-state index in [2.05, 4.69) is 40.4 Å². The van der Waals surface area contributed by atoms with Crippen LogP contribution in [0.15, 0.2) is 66.0 Å². The van der Waals surface area contributed by atoms with E-state index in [9.17, 15) is 4.79 Å². The number of fused-ring (bicyclic) bond motifs is 2. The van der Waals surface area contributed by atoms with Crippen LogP contribution in [-0.2, 0) is 4.79 Å². The molecule has 0 bridgehead atoms. The Balaban J connectivity index is 1.43. The number of amides is 1. The second-order valence-electron chi connectivity index (χ2n) is 7.71. The van der Waals surface area contributed by atoms with E-state index in [1.807, 2.05) is 24.3 Å². The molecular formula is C24H18N8O2. The van der Waals surface area contributed by atoms with Crippen LogP contribution in [0.25, 0.3) is 56.0 Å². The van der Waals surface area contributed by atoms with Crippen LogP contribution in [0.1, 0.15) is 13.3 Å². The summed E-state index contributed by atoms with van der Waals surface area (Å²) in [4.78, 5) is 33.0. The van der Waals surface area contributed by atoms with Crippen molar-refractivity contribution in [1.82, 2.24) is 35.1 Å². The molecule has 10 heteroatoms. The molecule has 0 saturated heterocycles. The third-order valence-electron chi connectivity index (χ3n) is 5.53. The summed E-state index contributed by atoms with van der Waals surface area (Å²) in [7, 11) is 0. The van der Waals surface area contributed by atoms with Gasteiger partial charge in [0.2, 0.25) is 5.91 Å². The molecule has 0 aliphatic carbocycles.